The highest BCUT2D eigenvalue weighted by molar-refractivity contribution is 5.99. The van der Waals surface area contributed by atoms with E-state index in [0.29, 0.717) is 23.9 Å². The zero-order valence-corrected chi connectivity index (χ0v) is 21.0. The predicted molar refractivity (Wildman–Crippen MR) is 139 cm³/mol. The van der Waals surface area contributed by atoms with Crippen molar-refractivity contribution >= 4 is 17.5 Å². The van der Waals surface area contributed by atoms with Crippen LogP contribution in [0.25, 0.3) is 0 Å². The molecular weight excluding hydrogens is 456 g/mol. The van der Waals surface area contributed by atoms with Crippen molar-refractivity contribution in [3.63, 3.8) is 0 Å². The van der Waals surface area contributed by atoms with Crippen LogP contribution >= 0.6 is 0 Å². The minimum absolute atomic E-state index is 0.183. The molecule has 188 valence electrons. The number of ether oxygens (including phenoxy) is 2. The summed E-state index contributed by atoms with van der Waals surface area (Å²) >= 11 is 0. The monoisotopic (exact) mass is 488 g/mol. The molecule has 4 rings (SSSR count). The molecular formula is C28H32N4O4. The van der Waals surface area contributed by atoms with Crippen molar-refractivity contribution in [2.24, 2.45) is 0 Å². The molecule has 8 heteroatoms. The number of rotatable bonds is 6. The van der Waals surface area contributed by atoms with Gasteiger partial charge in [0.15, 0.2) is 5.82 Å². The first-order valence-electron chi connectivity index (χ1n) is 12.1. The Hall–Kier alpha value is -3.80. The molecule has 0 unspecified atom stereocenters. The van der Waals surface area contributed by atoms with Crippen molar-refractivity contribution in [3.8, 4) is 17.6 Å². The van der Waals surface area contributed by atoms with Gasteiger partial charge in [-0.2, -0.15) is 0 Å². The van der Waals surface area contributed by atoms with Crippen LogP contribution in [-0.4, -0.2) is 55.5 Å². The molecule has 0 spiro atoms. The van der Waals surface area contributed by atoms with Gasteiger partial charge < -0.3 is 19.3 Å². The molecule has 8 nitrogen and oxygen atoms in total. The van der Waals surface area contributed by atoms with Gasteiger partial charge in [0.2, 0.25) is 0 Å². The third kappa shape index (κ3) is 7.60. The quantitative estimate of drug-likeness (QED) is 0.488. The highest BCUT2D eigenvalue weighted by Crippen LogP contribution is 2.24. The number of morpholine rings is 1. The van der Waals surface area contributed by atoms with Gasteiger partial charge in [-0.25, -0.2) is 4.79 Å². The average molecular weight is 489 g/mol. The summed E-state index contributed by atoms with van der Waals surface area (Å²) in [5, 5.41) is 9.36. The molecule has 2 heterocycles. The first-order chi connectivity index (χ1) is 17.3. The van der Waals surface area contributed by atoms with Crippen molar-refractivity contribution in [1.82, 2.24) is 10.1 Å². The number of carbonyl (C=O) groups excluding carboxylic acids is 1. The first-order valence-corrected chi connectivity index (χ1v) is 12.1. The Bertz CT molecular complexity index is 1210. The van der Waals surface area contributed by atoms with Gasteiger partial charge in [0.25, 0.3) is 0 Å². The number of urea groups is 1. The zero-order valence-electron chi connectivity index (χ0n) is 21.0. The van der Waals surface area contributed by atoms with E-state index in [9.17, 15) is 4.79 Å². The van der Waals surface area contributed by atoms with Crippen LogP contribution in [0.15, 0.2) is 59.1 Å². The minimum atomic E-state index is -0.395. The lowest BCUT2D eigenvalue weighted by Crippen LogP contribution is -2.38. The summed E-state index contributed by atoms with van der Waals surface area (Å²) in [6, 6.07) is 16.4. The molecule has 3 aromatic rings. The molecule has 2 amide bonds. The van der Waals surface area contributed by atoms with E-state index in [4.69, 9.17) is 14.0 Å². The number of aromatic nitrogens is 1. The summed E-state index contributed by atoms with van der Waals surface area (Å²) in [4.78, 5) is 14.6. The number of hydrogen-bond acceptors (Lipinski definition) is 6. The summed E-state index contributed by atoms with van der Waals surface area (Å²) in [6.45, 7) is 11.0. The normalized spacial score (nSPS) is 14.0. The highest BCUT2D eigenvalue weighted by atomic mass is 16.5. The first kappa shape index (κ1) is 25.3. The average Bonchev–Trinajstić information content (AvgIpc) is 3.34. The van der Waals surface area contributed by atoms with Crippen molar-refractivity contribution in [2.75, 3.05) is 50.1 Å². The summed E-state index contributed by atoms with van der Waals surface area (Å²) in [7, 11) is 0. The number of benzene rings is 2. The van der Waals surface area contributed by atoms with Gasteiger partial charge in [0.05, 0.1) is 13.2 Å². The smallest absolute Gasteiger partial charge is 0.324 e. The van der Waals surface area contributed by atoms with Gasteiger partial charge in [0, 0.05) is 47.9 Å². The van der Waals surface area contributed by atoms with Crippen molar-refractivity contribution in [1.29, 1.82) is 0 Å². The number of carbonyl (C=O) groups is 1. The lowest BCUT2D eigenvalue weighted by Gasteiger charge is -2.26. The predicted octanol–water partition coefficient (Wildman–Crippen LogP) is 4.73. The zero-order chi connectivity index (χ0) is 25.4. The summed E-state index contributed by atoms with van der Waals surface area (Å²) in [5.74, 6) is 8.20. The van der Waals surface area contributed by atoms with Crippen LogP contribution in [0.4, 0.5) is 16.3 Å². The van der Waals surface area contributed by atoms with Crippen LogP contribution in [0.5, 0.6) is 5.75 Å². The van der Waals surface area contributed by atoms with Crippen LogP contribution in [0.1, 0.15) is 37.7 Å². The number of anilines is 2. The number of hydrogen-bond donors (Lipinski definition) is 2. The maximum atomic E-state index is 12.3. The second-order valence-electron chi connectivity index (χ2n) is 9.56. The Morgan fingerprint density at radius 2 is 1.78 bits per heavy atom. The van der Waals surface area contributed by atoms with Gasteiger partial charge in [-0.1, -0.05) is 43.8 Å². The van der Waals surface area contributed by atoms with Gasteiger partial charge in [0.1, 0.15) is 18.1 Å². The lowest BCUT2D eigenvalue weighted by molar-refractivity contribution is 0.0322. The summed E-state index contributed by atoms with van der Waals surface area (Å²) in [5.41, 5.74) is 2.18. The van der Waals surface area contributed by atoms with E-state index in [2.05, 4.69) is 32.5 Å². The molecule has 2 N–H and O–H groups in total. The largest absolute Gasteiger partial charge is 0.492 e. The Morgan fingerprint density at radius 3 is 2.50 bits per heavy atom. The standard InChI is InChI=1S/C28H32N4O4/c1-28(2,3)25-20-26(31-36-25)30-27(33)29-23-11-9-21(10-12-23)7-8-22-5-4-6-24(19-22)35-18-15-32-13-16-34-17-14-32/h4-6,9-12,19-20H,13-18H2,1-3H3,(H2,29,30,31,33). The van der Waals surface area contributed by atoms with Crippen LogP contribution in [0.3, 0.4) is 0 Å². The molecule has 1 fully saturated rings. The number of nitrogens with zero attached hydrogens (tertiary/aromatic N) is 2. The number of nitrogens with one attached hydrogen (secondary N) is 2. The van der Waals surface area contributed by atoms with Crippen LogP contribution in [0.2, 0.25) is 0 Å². The fraction of sp³-hybridized carbons (Fsp3) is 0.357. The number of amides is 2. The molecule has 0 bridgehead atoms. The SMILES string of the molecule is CC(C)(C)c1cc(NC(=O)Nc2ccc(C#Cc3cccc(OCCN4CCOCC4)c3)cc2)no1. The summed E-state index contributed by atoms with van der Waals surface area (Å²) < 4.78 is 16.6. The molecule has 0 saturated carbocycles. The van der Waals surface area contributed by atoms with Gasteiger partial charge >= 0.3 is 6.03 Å². The molecule has 36 heavy (non-hydrogen) atoms. The van der Waals surface area contributed by atoms with Gasteiger partial charge in [-0.15, -0.1) is 0 Å². The van der Waals surface area contributed by atoms with Crippen LogP contribution in [-0.2, 0) is 10.2 Å². The van der Waals surface area contributed by atoms with Crippen LogP contribution < -0.4 is 15.4 Å². The van der Waals surface area contributed by atoms with Crippen molar-refractivity contribution in [2.45, 2.75) is 26.2 Å². The highest BCUT2D eigenvalue weighted by Gasteiger charge is 2.20. The summed E-state index contributed by atoms with van der Waals surface area (Å²) in [6.07, 6.45) is 0. The van der Waals surface area contributed by atoms with E-state index in [1.165, 1.54) is 0 Å². The molecule has 0 atom stereocenters. The molecule has 0 radical (unpaired) electrons. The third-order valence-corrected chi connectivity index (χ3v) is 5.60. The molecule has 1 aliphatic heterocycles. The van der Waals surface area contributed by atoms with Crippen LogP contribution in [0, 0.1) is 11.8 Å². The second kappa shape index (κ2) is 11.8. The molecule has 1 aromatic heterocycles. The van der Waals surface area contributed by atoms with E-state index >= 15 is 0 Å². The maximum Gasteiger partial charge on any atom is 0.324 e. The fourth-order valence-corrected chi connectivity index (χ4v) is 3.53. The van der Waals surface area contributed by atoms with E-state index in [1.54, 1.807) is 18.2 Å². The van der Waals surface area contributed by atoms with E-state index in [1.807, 2.05) is 57.2 Å². The Morgan fingerprint density at radius 1 is 1.03 bits per heavy atom. The third-order valence-electron chi connectivity index (χ3n) is 5.60. The molecule has 1 saturated heterocycles. The Labute approximate surface area is 211 Å². The second-order valence-corrected chi connectivity index (χ2v) is 9.56. The molecule has 1 aliphatic rings. The van der Waals surface area contributed by atoms with Crippen molar-refractivity contribution < 1.29 is 18.8 Å². The van der Waals surface area contributed by atoms with E-state index in [0.717, 1.165) is 49.7 Å². The fourth-order valence-electron chi connectivity index (χ4n) is 3.53. The maximum absolute atomic E-state index is 12.3. The Balaban J connectivity index is 1.27. The van der Waals surface area contributed by atoms with Gasteiger partial charge in [-0.3, -0.25) is 10.2 Å². The van der Waals surface area contributed by atoms with Crippen molar-refractivity contribution in [3.05, 3.63) is 71.5 Å². The molecule has 0 aliphatic carbocycles. The molecule has 2 aromatic carbocycles. The van der Waals surface area contributed by atoms with E-state index < -0.39 is 6.03 Å². The van der Waals surface area contributed by atoms with E-state index in [-0.39, 0.29) is 5.41 Å². The Kier molecular flexibility index (Phi) is 8.26. The van der Waals surface area contributed by atoms with Gasteiger partial charge in [-0.05, 0) is 42.5 Å². The minimum Gasteiger partial charge on any atom is -0.492 e. The lowest BCUT2D eigenvalue weighted by atomic mass is 9.93. The topological polar surface area (TPSA) is 88.9 Å².